The molecule has 0 aromatic rings. The Morgan fingerprint density at radius 2 is 1.88 bits per heavy atom. The van der Waals surface area contributed by atoms with Crippen molar-refractivity contribution in [3.8, 4) is 0 Å². The van der Waals surface area contributed by atoms with Crippen LogP contribution in [0.5, 0.6) is 0 Å². The number of rotatable bonds is 9. The Morgan fingerprint density at radius 1 is 1.29 bits per heavy atom. The van der Waals surface area contributed by atoms with Crippen molar-refractivity contribution in [1.29, 1.82) is 0 Å². The third-order valence-electron chi connectivity index (χ3n) is 2.89. The molecule has 0 bridgehead atoms. The van der Waals surface area contributed by atoms with Crippen LogP contribution >= 0.6 is 15.9 Å². The highest BCUT2D eigenvalue weighted by Crippen LogP contribution is 2.13. The van der Waals surface area contributed by atoms with Crippen LogP contribution in [0, 0.1) is 0 Å². The summed E-state index contributed by atoms with van der Waals surface area (Å²) in [6.45, 7) is 6.49. The van der Waals surface area contributed by atoms with Crippen molar-refractivity contribution in [3.05, 3.63) is 0 Å². The van der Waals surface area contributed by atoms with E-state index in [9.17, 15) is 4.79 Å². The quantitative estimate of drug-likeness (QED) is 0.483. The van der Waals surface area contributed by atoms with E-state index in [0.29, 0.717) is 19.2 Å². The number of esters is 1. The number of ether oxygens (including phenoxy) is 2. The third kappa shape index (κ3) is 6.38. The fraction of sp³-hybridized carbons (Fsp3) is 0.917. The smallest absolute Gasteiger partial charge is 0.320 e. The van der Waals surface area contributed by atoms with Gasteiger partial charge in [-0.05, 0) is 12.8 Å². The predicted molar refractivity (Wildman–Crippen MR) is 72.6 cm³/mol. The molecule has 0 aromatic carbocycles. The van der Waals surface area contributed by atoms with Crippen LogP contribution in [0.3, 0.4) is 0 Å². The second kappa shape index (κ2) is 9.85. The van der Waals surface area contributed by atoms with Gasteiger partial charge in [0.25, 0.3) is 0 Å². The lowest BCUT2D eigenvalue weighted by Crippen LogP contribution is -2.42. The minimum Gasteiger partial charge on any atom is -0.468 e. The number of halogens is 1. The zero-order valence-corrected chi connectivity index (χ0v) is 12.8. The van der Waals surface area contributed by atoms with Gasteiger partial charge in [-0.1, -0.05) is 29.8 Å². The highest BCUT2D eigenvalue weighted by atomic mass is 79.9. The number of methoxy groups -OCH3 is 2. The van der Waals surface area contributed by atoms with Crippen LogP contribution in [0.25, 0.3) is 0 Å². The van der Waals surface area contributed by atoms with Gasteiger partial charge in [0, 0.05) is 26.2 Å². The molecule has 17 heavy (non-hydrogen) atoms. The van der Waals surface area contributed by atoms with Gasteiger partial charge in [-0.15, -0.1) is 0 Å². The van der Waals surface area contributed by atoms with E-state index in [-0.39, 0.29) is 10.8 Å². The van der Waals surface area contributed by atoms with Crippen LogP contribution in [-0.4, -0.2) is 55.7 Å². The molecular weight excluding hydrogens is 286 g/mol. The molecule has 0 aliphatic carbocycles. The summed E-state index contributed by atoms with van der Waals surface area (Å²) < 4.78 is 9.83. The normalized spacial score (nSPS) is 13.1. The first-order valence-electron chi connectivity index (χ1n) is 6.05. The van der Waals surface area contributed by atoms with E-state index in [1.165, 1.54) is 7.11 Å². The van der Waals surface area contributed by atoms with Gasteiger partial charge in [0.2, 0.25) is 0 Å². The molecule has 4 nitrogen and oxygen atoms in total. The van der Waals surface area contributed by atoms with Crippen LogP contribution in [0.2, 0.25) is 0 Å². The molecule has 0 aromatic heterocycles. The number of hydrogen-bond donors (Lipinski definition) is 0. The minimum atomic E-state index is -0.273. The molecule has 0 fully saturated rings. The Hall–Kier alpha value is -0.130. The molecule has 1 atom stereocenters. The average molecular weight is 310 g/mol. The lowest BCUT2D eigenvalue weighted by molar-refractivity contribution is -0.140. The maximum Gasteiger partial charge on any atom is 0.320 e. The van der Waals surface area contributed by atoms with E-state index in [1.807, 2.05) is 0 Å². The van der Waals surface area contributed by atoms with Gasteiger partial charge in [0.1, 0.15) is 4.83 Å². The second-order valence-corrected chi connectivity index (χ2v) is 5.05. The highest BCUT2D eigenvalue weighted by Gasteiger charge is 2.22. The van der Waals surface area contributed by atoms with Crippen LogP contribution in [-0.2, 0) is 14.3 Å². The first kappa shape index (κ1) is 16.9. The molecule has 5 heteroatoms. The summed E-state index contributed by atoms with van der Waals surface area (Å²) in [5.74, 6) is -0.224. The lowest BCUT2D eigenvalue weighted by atomic mass is 10.1. The highest BCUT2D eigenvalue weighted by molar-refractivity contribution is 9.10. The Labute approximate surface area is 113 Å². The van der Waals surface area contributed by atoms with E-state index in [4.69, 9.17) is 9.47 Å². The van der Waals surface area contributed by atoms with Crippen molar-refractivity contribution in [2.24, 2.45) is 0 Å². The number of carbonyl (C=O) groups excluding carboxylic acids is 1. The third-order valence-corrected chi connectivity index (χ3v) is 3.56. The van der Waals surface area contributed by atoms with Gasteiger partial charge in [-0.3, -0.25) is 9.69 Å². The summed E-state index contributed by atoms with van der Waals surface area (Å²) in [5.41, 5.74) is 0. The van der Waals surface area contributed by atoms with Gasteiger partial charge in [-0.25, -0.2) is 0 Å². The van der Waals surface area contributed by atoms with Gasteiger partial charge in [0.05, 0.1) is 13.7 Å². The molecule has 102 valence electrons. The Bertz CT molecular complexity index is 210. The molecule has 0 aliphatic heterocycles. The molecule has 0 heterocycles. The molecule has 0 amide bonds. The average Bonchev–Trinajstić information content (AvgIpc) is 2.35. The zero-order chi connectivity index (χ0) is 13.3. The summed E-state index contributed by atoms with van der Waals surface area (Å²) in [4.78, 5) is 13.4. The SMILES string of the molecule is CCC(CC)N(CCOC)CC(Br)C(=O)OC. The number of alkyl halides is 1. The molecule has 0 aliphatic rings. The molecule has 0 spiro atoms. The van der Waals surface area contributed by atoms with E-state index in [0.717, 1.165) is 19.4 Å². The van der Waals surface area contributed by atoms with Crippen LogP contribution in [0.15, 0.2) is 0 Å². The number of carbonyl (C=O) groups is 1. The largest absolute Gasteiger partial charge is 0.468 e. The number of hydrogen-bond acceptors (Lipinski definition) is 4. The van der Waals surface area contributed by atoms with Crippen LogP contribution in [0.4, 0.5) is 0 Å². The first-order valence-corrected chi connectivity index (χ1v) is 6.97. The number of nitrogens with zero attached hydrogens (tertiary/aromatic N) is 1. The summed E-state index contributed by atoms with van der Waals surface area (Å²) in [6.07, 6.45) is 2.14. The fourth-order valence-corrected chi connectivity index (χ4v) is 2.40. The van der Waals surface area contributed by atoms with Gasteiger partial charge >= 0.3 is 5.97 Å². The molecule has 0 saturated carbocycles. The summed E-state index contributed by atoms with van der Waals surface area (Å²) in [7, 11) is 3.10. The topological polar surface area (TPSA) is 38.8 Å². The van der Waals surface area contributed by atoms with Crippen LogP contribution < -0.4 is 0 Å². The Balaban J connectivity index is 4.40. The summed E-state index contributed by atoms with van der Waals surface area (Å²) in [6, 6.07) is 0.481. The van der Waals surface area contributed by atoms with Gasteiger partial charge in [0.15, 0.2) is 0 Å². The monoisotopic (exact) mass is 309 g/mol. The maximum absolute atomic E-state index is 11.4. The Kier molecular flexibility index (Phi) is 9.78. The van der Waals surface area contributed by atoms with Crippen molar-refractivity contribution in [1.82, 2.24) is 4.90 Å². The molecule has 0 N–H and O–H groups in total. The lowest BCUT2D eigenvalue weighted by Gasteiger charge is -2.31. The standard InChI is InChI=1S/C12H24BrNO3/c1-5-10(6-2)14(7-8-16-3)9-11(13)12(15)17-4/h10-11H,5-9H2,1-4H3. The minimum absolute atomic E-state index is 0.224. The van der Waals surface area contributed by atoms with E-state index < -0.39 is 0 Å². The zero-order valence-electron chi connectivity index (χ0n) is 11.2. The first-order chi connectivity index (χ1) is 8.10. The summed E-state index contributed by atoms with van der Waals surface area (Å²) in [5, 5.41) is 0. The predicted octanol–water partition coefficient (Wildman–Crippen LogP) is 2.06. The van der Waals surface area contributed by atoms with E-state index in [1.54, 1.807) is 7.11 Å². The van der Waals surface area contributed by atoms with Crippen molar-refractivity contribution >= 4 is 21.9 Å². The van der Waals surface area contributed by atoms with E-state index >= 15 is 0 Å². The van der Waals surface area contributed by atoms with Crippen molar-refractivity contribution < 1.29 is 14.3 Å². The molecular formula is C12H24BrNO3. The van der Waals surface area contributed by atoms with Crippen molar-refractivity contribution in [2.45, 2.75) is 37.6 Å². The van der Waals surface area contributed by atoms with Crippen molar-refractivity contribution in [3.63, 3.8) is 0 Å². The van der Waals surface area contributed by atoms with E-state index in [2.05, 4.69) is 34.7 Å². The summed E-state index contributed by atoms with van der Waals surface area (Å²) >= 11 is 3.37. The fourth-order valence-electron chi connectivity index (χ4n) is 1.84. The van der Waals surface area contributed by atoms with Gasteiger partial charge in [-0.2, -0.15) is 0 Å². The molecule has 0 radical (unpaired) electrons. The Morgan fingerprint density at radius 3 is 2.29 bits per heavy atom. The van der Waals surface area contributed by atoms with Crippen molar-refractivity contribution in [2.75, 3.05) is 33.9 Å². The molecule has 1 unspecified atom stereocenters. The molecule has 0 saturated heterocycles. The van der Waals surface area contributed by atoms with Gasteiger partial charge < -0.3 is 9.47 Å². The maximum atomic E-state index is 11.4. The second-order valence-electron chi connectivity index (χ2n) is 3.95. The van der Waals surface area contributed by atoms with Crippen LogP contribution in [0.1, 0.15) is 26.7 Å². The molecule has 0 rings (SSSR count).